The maximum atomic E-state index is 11.2. The number of rotatable bonds is 8. The number of anilines is 1. The van der Waals surface area contributed by atoms with Crippen molar-refractivity contribution in [3.63, 3.8) is 0 Å². The average Bonchev–Trinajstić information content (AvgIpc) is 3.25. The van der Waals surface area contributed by atoms with Gasteiger partial charge in [-0.05, 0) is 56.7 Å². The Morgan fingerprint density at radius 3 is 2.54 bits per heavy atom. The van der Waals surface area contributed by atoms with Crippen LogP contribution in [0.2, 0.25) is 10.0 Å². The lowest BCUT2D eigenvalue weighted by atomic mass is 10.00. The minimum atomic E-state index is -0.969. The summed E-state index contributed by atoms with van der Waals surface area (Å²) in [6.07, 6.45) is 5.93. The zero-order chi connectivity index (χ0) is 26.7. The van der Waals surface area contributed by atoms with Crippen LogP contribution in [0.5, 0.6) is 0 Å². The fourth-order valence-corrected chi connectivity index (χ4v) is 7.12. The third kappa shape index (κ3) is 4.63. The van der Waals surface area contributed by atoms with Crippen LogP contribution >= 0.6 is 34.5 Å². The molecule has 1 N–H and O–H groups in total. The van der Waals surface area contributed by atoms with E-state index in [1.807, 2.05) is 6.07 Å². The van der Waals surface area contributed by atoms with Crippen molar-refractivity contribution in [3.8, 4) is 22.7 Å². The Bertz CT molecular complexity index is 1510. The van der Waals surface area contributed by atoms with Crippen LogP contribution in [0.25, 0.3) is 22.7 Å². The number of halogens is 2. The van der Waals surface area contributed by atoms with Gasteiger partial charge in [0.05, 0.1) is 28.3 Å². The van der Waals surface area contributed by atoms with Crippen molar-refractivity contribution in [2.45, 2.75) is 69.2 Å². The van der Waals surface area contributed by atoms with Gasteiger partial charge in [0.2, 0.25) is 0 Å². The van der Waals surface area contributed by atoms with E-state index in [1.54, 1.807) is 23.6 Å². The van der Waals surface area contributed by atoms with E-state index < -0.39 is 5.97 Å². The first-order valence-electron chi connectivity index (χ1n) is 12.9. The van der Waals surface area contributed by atoms with E-state index in [-0.39, 0.29) is 23.1 Å². The van der Waals surface area contributed by atoms with E-state index in [1.165, 1.54) is 0 Å². The number of fused-ring (bicyclic) bond motifs is 2. The normalized spacial score (nSPS) is 22.5. The fraction of sp³-hybridized carbons (Fsp3) is 0.407. The highest BCUT2D eigenvalue weighted by molar-refractivity contribution is 7.12. The van der Waals surface area contributed by atoms with Crippen LogP contribution in [0, 0.1) is 0 Å². The molecule has 2 bridgehead atoms. The molecule has 0 amide bonds. The van der Waals surface area contributed by atoms with Crippen LogP contribution in [0.4, 0.5) is 6.01 Å². The number of aromatic nitrogens is 3. The van der Waals surface area contributed by atoms with Gasteiger partial charge in [-0.25, -0.2) is 4.79 Å². The molecule has 39 heavy (non-hydrogen) atoms. The van der Waals surface area contributed by atoms with E-state index in [2.05, 4.69) is 20.3 Å². The maximum Gasteiger partial charge on any atom is 0.345 e. The molecule has 5 heterocycles. The zero-order valence-corrected chi connectivity index (χ0v) is 23.0. The Labute approximate surface area is 237 Å². The van der Waals surface area contributed by atoms with Gasteiger partial charge >= 0.3 is 12.0 Å². The molecule has 202 valence electrons. The van der Waals surface area contributed by atoms with E-state index in [0.29, 0.717) is 51.3 Å². The van der Waals surface area contributed by atoms with Gasteiger partial charge in [0.15, 0.2) is 0 Å². The van der Waals surface area contributed by atoms with Crippen molar-refractivity contribution in [1.29, 1.82) is 0 Å². The van der Waals surface area contributed by atoms with Crippen LogP contribution in [-0.2, 0) is 11.3 Å². The minimum absolute atomic E-state index is 0.0626. The zero-order valence-electron chi connectivity index (χ0n) is 20.7. The minimum Gasteiger partial charge on any atom is -0.477 e. The third-order valence-corrected chi connectivity index (χ3v) is 9.36. The number of carboxylic acid groups (broad SMARTS) is 1. The predicted octanol–water partition coefficient (Wildman–Crippen LogP) is 7.05. The van der Waals surface area contributed by atoms with Crippen LogP contribution < -0.4 is 4.90 Å². The number of nitrogens with zero attached hydrogens (tertiary/aromatic N) is 4. The molecule has 3 atom stereocenters. The van der Waals surface area contributed by atoms with Gasteiger partial charge in [-0.2, -0.15) is 0 Å². The molecular weight excluding hydrogens is 563 g/mol. The summed E-state index contributed by atoms with van der Waals surface area (Å²) in [5, 5.41) is 24.9. The molecule has 3 aromatic heterocycles. The number of ether oxygens (including phenoxy) is 1. The Kier molecular flexibility index (Phi) is 6.38. The molecule has 1 aromatic carbocycles. The average molecular weight is 587 g/mol. The number of piperidine rings is 1. The summed E-state index contributed by atoms with van der Waals surface area (Å²) < 4.78 is 18.3. The predicted molar refractivity (Wildman–Crippen MR) is 146 cm³/mol. The second-order valence-electron chi connectivity index (χ2n) is 10.3. The molecule has 2 saturated heterocycles. The standard InChI is InChI=1S/C27H24Cl2N4O5S/c28-19-2-1-3-20(29)22(19)23-18(24(38-32-23)13-4-5-13)11-36-17-9-15-6-7-16(10-17)33(15)27-31-30-25(37-27)14-8-21(26(34)35)39-12-14/h1-3,8,12-13,15-17H,4-7,9-11H2,(H,34,35)/t15-,16+,17?. The number of thiophene rings is 1. The molecule has 0 radical (unpaired) electrons. The number of carboxylic acids is 1. The van der Waals surface area contributed by atoms with Gasteiger partial charge in [0.1, 0.15) is 16.3 Å². The Balaban J connectivity index is 1.07. The number of hydrogen-bond donors (Lipinski definition) is 1. The molecule has 4 aromatic rings. The van der Waals surface area contributed by atoms with E-state index in [9.17, 15) is 9.90 Å². The molecule has 3 aliphatic rings. The molecule has 3 fully saturated rings. The molecule has 9 nitrogen and oxygen atoms in total. The van der Waals surface area contributed by atoms with E-state index >= 15 is 0 Å². The van der Waals surface area contributed by atoms with Crippen LogP contribution in [0.15, 0.2) is 38.6 Å². The number of carbonyl (C=O) groups is 1. The van der Waals surface area contributed by atoms with Gasteiger partial charge in [0.25, 0.3) is 5.89 Å². The Morgan fingerprint density at radius 2 is 1.87 bits per heavy atom. The first kappa shape index (κ1) is 25.1. The summed E-state index contributed by atoms with van der Waals surface area (Å²) in [6, 6.07) is 7.91. The summed E-state index contributed by atoms with van der Waals surface area (Å²) in [4.78, 5) is 13.7. The highest BCUT2D eigenvalue weighted by Crippen LogP contribution is 2.47. The van der Waals surface area contributed by atoms with Gasteiger partial charge in [0, 0.05) is 34.5 Å². The first-order chi connectivity index (χ1) is 19.0. The third-order valence-electron chi connectivity index (χ3n) is 7.81. The van der Waals surface area contributed by atoms with Gasteiger partial charge in [-0.3, -0.25) is 0 Å². The number of aromatic carboxylic acids is 1. The van der Waals surface area contributed by atoms with Gasteiger partial charge in [-0.1, -0.05) is 39.5 Å². The Hall–Kier alpha value is -2.92. The molecular formula is C27H24Cl2N4O5S. The second kappa shape index (κ2) is 9.92. The largest absolute Gasteiger partial charge is 0.477 e. The first-order valence-corrected chi connectivity index (χ1v) is 14.6. The number of hydrogen-bond acceptors (Lipinski definition) is 9. The van der Waals surface area contributed by atoms with Crippen molar-refractivity contribution >= 4 is 46.5 Å². The molecule has 1 aliphatic carbocycles. The van der Waals surface area contributed by atoms with Crippen molar-refractivity contribution in [3.05, 3.63) is 55.9 Å². The van der Waals surface area contributed by atoms with Crippen molar-refractivity contribution in [2.24, 2.45) is 0 Å². The lowest BCUT2D eigenvalue weighted by Gasteiger charge is -2.37. The summed E-state index contributed by atoms with van der Waals surface area (Å²) in [5.74, 6) is 0.603. The monoisotopic (exact) mass is 586 g/mol. The molecule has 0 spiro atoms. The van der Waals surface area contributed by atoms with Gasteiger partial charge in [-0.15, -0.1) is 16.4 Å². The van der Waals surface area contributed by atoms with Crippen LogP contribution in [-0.4, -0.2) is 44.6 Å². The van der Waals surface area contributed by atoms with Crippen molar-refractivity contribution in [1.82, 2.24) is 15.4 Å². The fourth-order valence-electron chi connectivity index (χ4n) is 5.82. The highest BCUT2D eigenvalue weighted by atomic mass is 35.5. The highest BCUT2D eigenvalue weighted by Gasteiger charge is 2.44. The summed E-state index contributed by atoms with van der Waals surface area (Å²) in [5.41, 5.74) is 2.89. The van der Waals surface area contributed by atoms with E-state index in [4.69, 9.17) is 36.9 Å². The lowest BCUT2D eigenvalue weighted by molar-refractivity contribution is 0.0139. The maximum absolute atomic E-state index is 11.2. The van der Waals surface area contributed by atoms with Crippen LogP contribution in [0.1, 0.15) is 65.4 Å². The van der Waals surface area contributed by atoms with Crippen molar-refractivity contribution in [2.75, 3.05) is 4.90 Å². The lowest BCUT2D eigenvalue weighted by Crippen LogP contribution is -2.45. The van der Waals surface area contributed by atoms with Gasteiger partial charge < -0.3 is 23.7 Å². The summed E-state index contributed by atoms with van der Waals surface area (Å²) >= 11 is 14.2. The summed E-state index contributed by atoms with van der Waals surface area (Å²) in [6.45, 7) is 0.380. The molecule has 1 saturated carbocycles. The molecule has 7 rings (SSSR count). The SMILES string of the molecule is O=C(O)c1cc(-c2nnc(N3[C@@H]4CC[C@H]3CC(OCc3c(-c5c(Cl)cccc5Cl)noc3C3CC3)C4)o2)cs1. The van der Waals surface area contributed by atoms with Crippen LogP contribution in [0.3, 0.4) is 0 Å². The quantitative estimate of drug-likeness (QED) is 0.232. The van der Waals surface area contributed by atoms with E-state index in [0.717, 1.165) is 61.2 Å². The smallest absolute Gasteiger partial charge is 0.345 e. The topological polar surface area (TPSA) is 115 Å². The van der Waals surface area contributed by atoms with Crippen molar-refractivity contribution < 1.29 is 23.6 Å². The summed E-state index contributed by atoms with van der Waals surface area (Å²) in [7, 11) is 0. The number of benzene rings is 1. The molecule has 2 aliphatic heterocycles. The molecule has 12 heteroatoms. The molecule has 1 unspecified atom stereocenters. The Morgan fingerprint density at radius 1 is 1.13 bits per heavy atom. The second-order valence-corrected chi connectivity index (χ2v) is 12.1.